The summed E-state index contributed by atoms with van der Waals surface area (Å²) >= 11 is 5.95. The Morgan fingerprint density at radius 2 is 2.04 bits per heavy atom. The average molecular weight is 326 g/mol. The Bertz CT molecular complexity index is 877. The summed E-state index contributed by atoms with van der Waals surface area (Å²) in [6.07, 6.45) is 4.77. The number of nitrogens with one attached hydrogen (secondary N) is 3. The molecule has 1 aliphatic rings. The van der Waals surface area contributed by atoms with E-state index in [2.05, 4.69) is 25.8 Å². The zero-order valence-electron chi connectivity index (χ0n) is 11.9. The monoisotopic (exact) mass is 325 g/mol. The molecule has 6 nitrogen and oxygen atoms in total. The molecule has 0 radical (unpaired) electrons. The Kier molecular flexibility index (Phi) is 3.24. The third-order valence-electron chi connectivity index (χ3n) is 3.73. The molecule has 0 unspecified atom stereocenters. The highest BCUT2D eigenvalue weighted by Gasteiger charge is 2.27. The number of rotatable bonds is 2. The van der Waals surface area contributed by atoms with Crippen LogP contribution in [0.25, 0.3) is 11.3 Å². The molecule has 114 valence electrons. The maximum absolute atomic E-state index is 12.3. The number of benzene rings is 1. The maximum Gasteiger partial charge on any atom is 0.255 e. The van der Waals surface area contributed by atoms with Crippen molar-refractivity contribution in [3.05, 3.63) is 65.1 Å². The van der Waals surface area contributed by atoms with E-state index in [1.807, 2.05) is 12.1 Å². The summed E-state index contributed by atoms with van der Waals surface area (Å²) < 4.78 is 0. The van der Waals surface area contributed by atoms with E-state index in [4.69, 9.17) is 11.6 Å². The molecular weight excluding hydrogens is 314 g/mol. The van der Waals surface area contributed by atoms with Crippen molar-refractivity contribution in [3.8, 4) is 11.3 Å². The molecule has 3 heterocycles. The smallest absolute Gasteiger partial charge is 0.255 e. The molecular formula is C16H12ClN5O. The summed E-state index contributed by atoms with van der Waals surface area (Å²) in [5.74, 6) is -0.176. The van der Waals surface area contributed by atoms with Gasteiger partial charge in [-0.05, 0) is 30.3 Å². The van der Waals surface area contributed by atoms with Gasteiger partial charge in [0.25, 0.3) is 5.91 Å². The van der Waals surface area contributed by atoms with Crippen LogP contribution in [0, 0.1) is 0 Å². The highest BCUT2D eigenvalue weighted by molar-refractivity contribution is 6.31. The van der Waals surface area contributed by atoms with Gasteiger partial charge in [0, 0.05) is 34.2 Å². The van der Waals surface area contributed by atoms with Crippen LogP contribution in [0.2, 0.25) is 5.02 Å². The first-order valence-electron chi connectivity index (χ1n) is 7.03. The minimum atomic E-state index is -0.384. The van der Waals surface area contributed by atoms with Crippen LogP contribution in [0.4, 0.5) is 5.69 Å². The van der Waals surface area contributed by atoms with Crippen LogP contribution in [0.3, 0.4) is 0 Å². The topological polar surface area (TPSA) is 82.7 Å². The Morgan fingerprint density at radius 3 is 2.87 bits per heavy atom. The minimum absolute atomic E-state index is 0.176. The standard InChI is InChI=1S/C16H12ClN5O/c17-10-3-4-13-11(6-10)16(23)21-15(20-13)12-8-19-22-14(12)9-2-1-5-18-7-9/h1-8,15,20H,(H,19,22)(H,21,23)/t15-/m1/s1. The number of carbonyl (C=O) groups excluding carboxylic acids is 1. The number of carbonyl (C=O) groups is 1. The molecule has 1 aromatic carbocycles. The fourth-order valence-corrected chi connectivity index (χ4v) is 2.81. The summed E-state index contributed by atoms with van der Waals surface area (Å²) in [5, 5.41) is 13.8. The number of H-pyrrole nitrogens is 1. The second-order valence-electron chi connectivity index (χ2n) is 5.18. The number of halogens is 1. The van der Waals surface area contributed by atoms with E-state index in [9.17, 15) is 4.79 Å². The second kappa shape index (κ2) is 5.40. The number of hydrogen-bond acceptors (Lipinski definition) is 4. The fourth-order valence-electron chi connectivity index (χ4n) is 2.64. The molecule has 1 amide bonds. The zero-order valence-corrected chi connectivity index (χ0v) is 12.6. The van der Waals surface area contributed by atoms with Crippen molar-refractivity contribution in [1.29, 1.82) is 0 Å². The molecule has 3 N–H and O–H groups in total. The maximum atomic E-state index is 12.3. The normalized spacial score (nSPS) is 16.4. The van der Waals surface area contributed by atoms with Gasteiger partial charge < -0.3 is 10.6 Å². The van der Waals surface area contributed by atoms with Gasteiger partial charge in [-0.15, -0.1) is 0 Å². The van der Waals surface area contributed by atoms with E-state index in [1.165, 1.54) is 0 Å². The van der Waals surface area contributed by atoms with Gasteiger partial charge in [0.15, 0.2) is 0 Å². The number of aromatic nitrogens is 3. The fraction of sp³-hybridized carbons (Fsp3) is 0.0625. The van der Waals surface area contributed by atoms with Crippen LogP contribution in [-0.2, 0) is 0 Å². The molecule has 2 aromatic heterocycles. The van der Waals surface area contributed by atoms with Crippen molar-refractivity contribution in [3.63, 3.8) is 0 Å². The number of anilines is 1. The van der Waals surface area contributed by atoms with Gasteiger partial charge >= 0.3 is 0 Å². The lowest BCUT2D eigenvalue weighted by Gasteiger charge is -2.28. The minimum Gasteiger partial charge on any atom is -0.361 e. The Morgan fingerprint density at radius 1 is 1.13 bits per heavy atom. The van der Waals surface area contributed by atoms with E-state index in [0.29, 0.717) is 10.6 Å². The third-order valence-corrected chi connectivity index (χ3v) is 3.97. The largest absolute Gasteiger partial charge is 0.361 e. The number of fused-ring (bicyclic) bond motifs is 1. The molecule has 3 aromatic rings. The Balaban J connectivity index is 1.73. The first kappa shape index (κ1) is 13.8. The number of aromatic amines is 1. The molecule has 23 heavy (non-hydrogen) atoms. The number of amides is 1. The quantitative estimate of drug-likeness (QED) is 0.676. The second-order valence-corrected chi connectivity index (χ2v) is 5.62. The number of hydrogen-bond donors (Lipinski definition) is 3. The summed E-state index contributed by atoms with van der Waals surface area (Å²) in [7, 11) is 0. The predicted octanol–water partition coefficient (Wildman–Crippen LogP) is 2.98. The molecule has 4 rings (SSSR count). The summed E-state index contributed by atoms with van der Waals surface area (Å²) in [4.78, 5) is 16.5. The highest BCUT2D eigenvalue weighted by atomic mass is 35.5. The predicted molar refractivity (Wildman–Crippen MR) is 87.1 cm³/mol. The van der Waals surface area contributed by atoms with Crippen molar-refractivity contribution >= 4 is 23.2 Å². The molecule has 0 saturated heterocycles. The average Bonchev–Trinajstić information content (AvgIpc) is 3.06. The molecule has 1 aliphatic heterocycles. The molecule has 0 aliphatic carbocycles. The summed E-state index contributed by atoms with van der Waals surface area (Å²) in [5.41, 5.74) is 3.82. The molecule has 0 bridgehead atoms. The number of pyridine rings is 1. The summed E-state index contributed by atoms with van der Waals surface area (Å²) in [6, 6.07) is 8.98. The van der Waals surface area contributed by atoms with Gasteiger partial charge in [-0.1, -0.05) is 11.6 Å². The lowest BCUT2D eigenvalue weighted by Crippen LogP contribution is -2.38. The number of nitrogens with zero attached hydrogens (tertiary/aromatic N) is 2. The Hall–Kier alpha value is -2.86. The van der Waals surface area contributed by atoms with Crippen molar-refractivity contribution < 1.29 is 4.79 Å². The van der Waals surface area contributed by atoms with Crippen LogP contribution >= 0.6 is 11.6 Å². The van der Waals surface area contributed by atoms with E-state index >= 15 is 0 Å². The van der Waals surface area contributed by atoms with E-state index < -0.39 is 0 Å². The van der Waals surface area contributed by atoms with E-state index in [-0.39, 0.29) is 12.1 Å². The zero-order chi connectivity index (χ0) is 15.8. The molecule has 1 atom stereocenters. The van der Waals surface area contributed by atoms with Crippen molar-refractivity contribution in [1.82, 2.24) is 20.5 Å². The first-order chi connectivity index (χ1) is 11.2. The van der Waals surface area contributed by atoms with Gasteiger partial charge in [-0.2, -0.15) is 5.10 Å². The van der Waals surface area contributed by atoms with Gasteiger partial charge in [-0.3, -0.25) is 14.9 Å². The lowest BCUT2D eigenvalue weighted by atomic mass is 10.0. The van der Waals surface area contributed by atoms with Crippen molar-refractivity contribution in [2.75, 3.05) is 5.32 Å². The van der Waals surface area contributed by atoms with Gasteiger partial charge in [-0.25, -0.2) is 0 Å². The lowest BCUT2D eigenvalue weighted by molar-refractivity contribution is 0.0936. The third kappa shape index (κ3) is 2.43. The van der Waals surface area contributed by atoms with E-state index in [1.54, 1.807) is 36.8 Å². The van der Waals surface area contributed by atoms with Crippen LogP contribution < -0.4 is 10.6 Å². The van der Waals surface area contributed by atoms with E-state index in [0.717, 1.165) is 22.5 Å². The molecule has 0 spiro atoms. The highest BCUT2D eigenvalue weighted by Crippen LogP contribution is 2.32. The SMILES string of the molecule is O=C1N[C@H](c2cn[nH]c2-c2cccnc2)Nc2ccc(Cl)cc21. The molecule has 0 fully saturated rings. The molecule has 0 saturated carbocycles. The van der Waals surface area contributed by atoms with Crippen LogP contribution in [-0.4, -0.2) is 21.1 Å². The van der Waals surface area contributed by atoms with Crippen LogP contribution in [0.5, 0.6) is 0 Å². The van der Waals surface area contributed by atoms with Crippen molar-refractivity contribution in [2.24, 2.45) is 0 Å². The van der Waals surface area contributed by atoms with Crippen LogP contribution in [0.1, 0.15) is 22.1 Å². The first-order valence-corrected chi connectivity index (χ1v) is 7.41. The van der Waals surface area contributed by atoms with Crippen LogP contribution in [0.15, 0.2) is 48.9 Å². The van der Waals surface area contributed by atoms with Gasteiger partial charge in [0.05, 0.1) is 17.5 Å². The Labute approximate surface area is 136 Å². The van der Waals surface area contributed by atoms with Gasteiger partial charge in [0.2, 0.25) is 0 Å². The van der Waals surface area contributed by atoms with Crippen molar-refractivity contribution in [2.45, 2.75) is 6.17 Å². The molecule has 7 heteroatoms. The summed E-state index contributed by atoms with van der Waals surface area (Å²) in [6.45, 7) is 0. The van der Waals surface area contributed by atoms with Gasteiger partial charge in [0.1, 0.15) is 6.17 Å².